The molecule has 5 aromatic rings. The Morgan fingerprint density at radius 2 is 1.80 bits per heavy atom. The summed E-state index contributed by atoms with van der Waals surface area (Å²) < 4.78 is 7.62. The highest BCUT2D eigenvalue weighted by Gasteiger charge is 2.10. The Morgan fingerprint density at radius 1 is 1.03 bits per heavy atom. The third kappa shape index (κ3) is 5.15. The second-order valence-corrected chi connectivity index (χ2v) is 8.70. The van der Waals surface area contributed by atoms with Crippen LogP contribution in [0.4, 0.5) is 0 Å². The van der Waals surface area contributed by atoms with Crippen molar-refractivity contribution in [1.29, 1.82) is 0 Å². The first-order chi connectivity index (χ1) is 16.9. The lowest BCUT2D eigenvalue weighted by Crippen LogP contribution is -2.22. The van der Waals surface area contributed by atoms with Crippen LogP contribution in [0, 0.1) is 6.92 Å². The molecule has 0 aliphatic rings. The third-order valence-electron chi connectivity index (χ3n) is 5.59. The van der Waals surface area contributed by atoms with Gasteiger partial charge in [0.15, 0.2) is 5.43 Å². The molecule has 0 bridgehead atoms. The molecule has 0 spiro atoms. The zero-order valence-corrected chi connectivity index (χ0v) is 19.6. The lowest BCUT2D eigenvalue weighted by molar-refractivity contribution is 0.0950. The van der Waals surface area contributed by atoms with Crippen molar-refractivity contribution in [3.05, 3.63) is 117 Å². The molecule has 0 radical (unpaired) electrons. The highest BCUT2D eigenvalue weighted by atomic mass is 35.5. The van der Waals surface area contributed by atoms with E-state index in [1.807, 2.05) is 37.3 Å². The lowest BCUT2D eigenvalue weighted by Gasteiger charge is -2.06. The van der Waals surface area contributed by atoms with Gasteiger partial charge in [0.05, 0.1) is 24.7 Å². The summed E-state index contributed by atoms with van der Waals surface area (Å²) >= 11 is 5.95. The van der Waals surface area contributed by atoms with Gasteiger partial charge >= 0.3 is 0 Å². The molecule has 0 aliphatic carbocycles. The van der Waals surface area contributed by atoms with Crippen molar-refractivity contribution in [2.45, 2.75) is 20.0 Å². The van der Waals surface area contributed by atoms with Crippen molar-refractivity contribution in [3.8, 4) is 11.3 Å². The summed E-state index contributed by atoms with van der Waals surface area (Å²) in [4.78, 5) is 25.1. The van der Waals surface area contributed by atoms with Crippen molar-refractivity contribution in [1.82, 2.24) is 20.3 Å². The predicted molar refractivity (Wildman–Crippen MR) is 134 cm³/mol. The molecule has 3 aromatic carbocycles. The molecule has 174 valence electrons. The number of hydrogen-bond donors (Lipinski definition) is 1. The fourth-order valence-corrected chi connectivity index (χ4v) is 3.85. The van der Waals surface area contributed by atoms with E-state index in [0.717, 1.165) is 16.7 Å². The third-order valence-corrected chi connectivity index (χ3v) is 5.85. The summed E-state index contributed by atoms with van der Waals surface area (Å²) in [6, 6.07) is 21.5. The molecular formula is C27H21ClN4O3. The molecule has 0 saturated carbocycles. The molecule has 2 aromatic heterocycles. The topological polar surface area (TPSA) is 90.0 Å². The van der Waals surface area contributed by atoms with Crippen LogP contribution >= 0.6 is 11.6 Å². The number of nitrogens with one attached hydrogen (secondary N) is 1. The van der Waals surface area contributed by atoms with Gasteiger partial charge in [-0.05, 0) is 61.0 Å². The number of amides is 1. The number of aromatic nitrogens is 3. The minimum absolute atomic E-state index is 0.129. The zero-order chi connectivity index (χ0) is 24.4. The lowest BCUT2D eigenvalue weighted by atomic mass is 10.1. The summed E-state index contributed by atoms with van der Waals surface area (Å²) in [5.41, 5.74) is 4.36. The average Bonchev–Trinajstić information content (AvgIpc) is 3.31. The first kappa shape index (κ1) is 22.6. The van der Waals surface area contributed by atoms with Gasteiger partial charge in [-0.3, -0.25) is 9.59 Å². The van der Waals surface area contributed by atoms with Crippen molar-refractivity contribution < 1.29 is 9.21 Å². The summed E-state index contributed by atoms with van der Waals surface area (Å²) in [5, 5.41) is 12.2. The fraction of sp³-hybridized carbons (Fsp3) is 0.111. The van der Waals surface area contributed by atoms with E-state index in [1.54, 1.807) is 47.3 Å². The van der Waals surface area contributed by atoms with Crippen LogP contribution in [-0.4, -0.2) is 20.9 Å². The standard InChI is InChI=1S/C27H21ClN4O3/c1-17-2-5-20(6-3-17)27(34)29-14-22-16-32(31-30-22)15-18-4-11-25-23(12-18)24(33)13-26(35-25)19-7-9-21(28)10-8-19/h2-13,16H,14-15H2,1H3,(H,29,34). The number of halogens is 1. The highest BCUT2D eigenvalue weighted by Crippen LogP contribution is 2.24. The number of rotatable bonds is 6. The van der Waals surface area contributed by atoms with Crippen molar-refractivity contribution in [3.63, 3.8) is 0 Å². The van der Waals surface area contributed by atoms with Gasteiger partial charge in [-0.2, -0.15) is 0 Å². The van der Waals surface area contributed by atoms with Gasteiger partial charge in [-0.25, -0.2) is 4.68 Å². The van der Waals surface area contributed by atoms with E-state index < -0.39 is 0 Å². The highest BCUT2D eigenvalue weighted by molar-refractivity contribution is 6.30. The molecule has 7 nitrogen and oxygen atoms in total. The monoisotopic (exact) mass is 484 g/mol. The van der Waals surface area contributed by atoms with Gasteiger partial charge in [0.25, 0.3) is 5.91 Å². The van der Waals surface area contributed by atoms with E-state index in [2.05, 4.69) is 15.6 Å². The molecule has 1 amide bonds. The Hall–Kier alpha value is -4.23. The van der Waals surface area contributed by atoms with Crippen molar-refractivity contribution in [2.75, 3.05) is 0 Å². The smallest absolute Gasteiger partial charge is 0.251 e. The van der Waals surface area contributed by atoms with Crippen LogP contribution in [0.3, 0.4) is 0 Å². The maximum atomic E-state index is 12.8. The average molecular weight is 485 g/mol. The number of aryl methyl sites for hydroxylation is 1. The largest absolute Gasteiger partial charge is 0.456 e. The molecule has 0 saturated heterocycles. The quantitative estimate of drug-likeness (QED) is 0.366. The Morgan fingerprint density at radius 3 is 2.57 bits per heavy atom. The Labute approximate surface area is 206 Å². The van der Waals surface area contributed by atoms with Crippen LogP contribution in [0.5, 0.6) is 0 Å². The van der Waals surface area contributed by atoms with E-state index in [0.29, 0.717) is 39.6 Å². The van der Waals surface area contributed by atoms with Crippen LogP contribution in [-0.2, 0) is 13.1 Å². The number of fused-ring (bicyclic) bond motifs is 1. The van der Waals surface area contributed by atoms with Crippen LogP contribution < -0.4 is 10.7 Å². The molecule has 2 heterocycles. The summed E-state index contributed by atoms with van der Waals surface area (Å²) in [7, 11) is 0. The van der Waals surface area contributed by atoms with Gasteiger partial charge in [0.1, 0.15) is 17.0 Å². The predicted octanol–water partition coefficient (Wildman–Crippen LogP) is 4.99. The zero-order valence-electron chi connectivity index (χ0n) is 18.9. The van der Waals surface area contributed by atoms with Gasteiger partial charge < -0.3 is 9.73 Å². The van der Waals surface area contributed by atoms with Gasteiger partial charge in [0, 0.05) is 22.2 Å². The van der Waals surface area contributed by atoms with Gasteiger partial charge in [-0.1, -0.05) is 40.6 Å². The number of nitrogens with zero attached hydrogens (tertiary/aromatic N) is 3. The second-order valence-electron chi connectivity index (χ2n) is 8.27. The van der Waals surface area contributed by atoms with Gasteiger partial charge in [-0.15, -0.1) is 5.10 Å². The van der Waals surface area contributed by atoms with E-state index in [4.69, 9.17) is 16.0 Å². The molecule has 0 atom stereocenters. The molecule has 0 aliphatic heterocycles. The number of benzene rings is 3. The van der Waals surface area contributed by atoms with E-state index in [1.165, 1.54) is 6.07 Å². The van der Waals surface area contributed by atoms with Gasteiger partial charge in [0.2, 0.25) is 0 Å². The number of carbonyl (C=O) groups is 1. The van der Waals surface area contributed by atoms with E-state index in [9.17, 15) is 9.59 Å². The van der Waals surface area contributed by atoms with E-state index in [-0.39, 0.29) is 17.9 Å². The fourth-order valence-electron chi connectivity index (χ4n) is 3.72. The summed E-state index contributed by atoms with van der Waals surface area (Å²) in [6.45, 7) is 2.66. The Bertz CT molecular complexity index is 1570. The Kier molecular flexibility index (Phi) is 6.16. The molecule has 1 N–H and O–H groups in total. The maximum absolute atomic E-state index is 12.8. The summed E-state index contributed by atoms with van der Waals surface area (Å²) in [6.07, 6.45) is 1.77. The molecule has 0 unspecified atom stereocenters. The number of hydrogen-bond acceptors (Lipinski definition) is 5. The molecule has 0 fully saturated rings. The molecule has 5 rings (SSSR count). The minimum atomic E-state index is -0.168. The van der Waals surface area contributed by atoms with E-state index >= 15 is 0 Å². The summed E-state index contributed by atoms with van der Waals surface area (Å²) in [5.74, 6) is 0.319. The van der Waals surface area contributed by atoms with Crippen LogP contribution in [0.1, 0.15) is 27.2 Å². The first-order valence-electron chi connectivity index (χ1n) is 11.0. The van der Waals surface area contributed by atoms with Crippen LogP contribution in [0.2, 0.25) is 5.02 Å². The molecule has 8 heteroatoms. The van der Waals surface area contributed by atoms with Crippen LogP contribution in [0.15, 0.2) is 88.2 Å². The first-order valence-corrected chi connectivity index (χ1v) is 11.4. The Balaban J connectivity index is 1.28. The molecular weight excluding hydrogens is 464 g/mol. The normalized spacial score (nSPS) is 11.0. The van der Waals surface area contributed by atoms with Crippen LogP contribution in [0.25, 0.3) is 22.3 Å². The number of carbonyl (C=O) groups excluding carboxylic acids is 1. The molecule has 35 heavy (non-hydrogen) atoms. The maximum Gasteiger partial charge on any atom is 0.251 e. The van der Waals surface area contributed by atoms with Crippen molar-refractivity contribution >= 4 is 28.5 Å². The van der Waals surface area contributed by atoms with Crippen molar-refractivity contribution in [2.24, 2.45) is 0 Å². The SMILES string of the molecule is Cc1ccc(C(=O)NCc2cn(Cc3ccc4oc(-c5ccc(Cl)cc5)cc(=O)c4c3)nn2)cc1. The minimum Gasteiger partial charge on any atom is -0.456 e. The second kappa shape index (κ2) is 9.56.